The van der Waals surface area contributed by atoms with Gasteiger partial charge in [-0.3, -0.25) is 0 Å². The van der Waals surface area contributed by atoms with Gasteiger partial charge in [0.05, 0.1) is 19.7 Å². The fraction of sp³-hybridized carbons (Fsp3) is 0.300. The van der Waals surface area contributed by atoms with Gasteiger partial charge in [0.2, 0.25) is 5.95 Å². The van der Waals surface area contributed by atoms with Gasteiger partial charge in [-0.1, -0.05) is 30.3 Å². The van der Waals surface area contributed by atoms with Crippen LogP contribution >= 0.6 is 0 Å². The topological polar surface area (TPSA) is 59.5 Å². The summed E-state index contributed by atoms with van der Waals surface area (Å²) in [5.41, 5.74) is 2.02. The van der Waals surface area contributed by atoms with E-state index in [1.54, 1.807) is 14.2 Å². The van der Waals surface area contributed by atoms with Crippen molar-refractivity contribution < 1.29 is 9.47 Å². The van der Waals surface area contributed by atoms with Crippen molar-refractivity contribution in [2.24, 2.45) is 0 Å². The zero-order valence-corrected chi connectivity index (χ0v) is 15.6. The smallest absolute Gasteiger partial charge is 0.225 e. The molecule has 1 aromatic heterocycles. The van der Waals surface area contributed by atoms with Crippen LogP contribution in [0, 0.1) is 0 Å². The predicted molar refractivity (Wildman–Crippen MR) is 105 cm³/mol. The average Bonchev–Trinajstić information content (AvgIpc) is 2.67. The molecule has 0 spiro atoms. The van der Waals surface area contributed by atoms with Gasteiger partial charge in [0.25, 0.3) is 0 Å². The highest BCUT2D eigenvalue weighted by Crippen LogP contribution is 2.35. The molecule has 0 aliphatic rings. The summed E-state index contributed by atoms with van der Waals surface area (Å²) >= 11 is 0. The van der Waals surface area contributed by atoms with Crippen molar-refractivity contribution in [1.29, 1.82) is 0 Å². The van der Waals surface area contributed by atoms with Crippen molar-refractivity contribution in [3.63, 3.8) is 0 Å². The van der Waals surface area contributed by atoms with Crippen molar-refractivity contribution in [2.75, 3.05) is 38.0 Å². The lowest BCUT2D eigenvalue weighted by Crippen LogP contribution is -2.19. The summed E-state index contributed by atoms with van der Waals surface area (Å²) in [4.78, 5) is 11.5. The molecule has 0 aliphatic heterocycles. The number of nitrogens with zero attached hydrogens (tertiary/aromatic N) is 3. The van der Waals surface area contributed by atoms with Gasteiger partial charge in [0.15, 0.2) is 11.5 Å². The first-order valence-electron chi connectivity index (χ1n) is 8.59. The molecule has 0 saturated heterocycles. The number of nitrogens with one attached hydrogen (secondary N) is 1. The molecule has 6 nitrogen and oxygen atoms in total. The van der Waals surface area contributed by atoms with Crippen LogP contribution in [0.4, 0.5) is 11.8 Å². The van der Waals surface area contributed by atoms with Crippen LogP contribution in [0.25, 0.3) is 10.9 Å². The van der Waals surface area contributed by atoms with E-state index in [1.165, 1.54) is 5.56 Å². The zero-order valence-electron chi connectivity index (χ0n) is 15.6. The van der Waals surface area contributed by atoms with E-state index >= 15 is 0 Å². The van der Waals surface area contributed by atoms with Crippen LogP contribution in [0.5, 0.6) is 11.5 Å². The number of benzene rings is 2. The minimum atomic E-state index is 0.599. The molecule has 0 aliphatic carbocycles. The molecular weight excluding hydrogens is 328 g/mol. The third kappa shape index (κ3) is 3.64. The minimum Gasteiger partial charge on any atom is -0.493 e. The van der Waals surface area contributed by atoms with Crippen LogP contribution in [0.2, 0.25) is 0 Å². The number of anilines is 2. The molecule has 6 heteroatoms. The molecule has 1 heterocycles. The summed E-state index contributed by atoms with van der Waals surface area (Å²) in [6, 6.07) is 14.1. The lowest BCUT2D eigenvalue weighted by molar-refractivity contribution is 0.356. The highest BCUT2D eigenvalue weighted by Gasteiger charge is 2.16. The molecule has 0 unspecified atom stereocenters. The van der Waals surface area contributed by atoms with Gasteiger partial charge >= 0.3 is 0 Å². The molecule has 1 N–H and O–H groups in total. The Morgan fingerprint density at radius 1 is 1.00 bits per heavy atom. The van der Waals surface area contributed by atoms with E-state index in [4.69, 9.17) is 14.5 Å². The van der Waals surface area contributed by atoms with E-state index in [1.807, 2.05) is 44.3 Å². The first kappa shape index (κ1) is 17.8. The van der Waals surface area contributed by atoms with Gasteiger partial charge in [-0.25, -0.2) is 4.98 Å². The van der Waals surface area contributed by atoms with Crippen LogP contribution in [0.1, 0.15) is 12.5 Å². The molecule has 3 rings (SSSR count). The number of aromatic nitrogens is 2. The molecule has 0 bridgehead atoms. The van der Waals surface area contributed by atoms with Crippen LogP contribution in [0.3, 0.4) is 0 Å². The molecule has 0 amide bonds. The highest BCUT2D eigenvalue weighted by atomic mass is 16.5. The zero-order chi connectivity index (χ0) is 18.5. The Balaban J connectivity index is 2.11. The number of methoxy groups -OCH3 is 2. The van der Waals surface area contributed by atoms with E-state index in [9.17, 15) is 0 Å². The van der Waals surface area contributed by atoms with Crippen LogP contribution in [-0.4, -0.2) is 37.8 Å². The number of fused-ring (bicyclic) bond motifs is 1. The van der Waals surface area contributed by atoms with Crippen LogP contribution in [0.15, 0.2) is 42.5 Å². The van der Waals surface area contributed by atoms with E-state index in [0.29, 0.717) is 17.4 Å². The SMILES string of the molecule is CCNc1nc(N(C)Cc2ccccc2)c2cc(OC)c(OC)cc2n1. The lowest BCUT2D eigenvalue weighted by atomic mass is 10.1. The lowest BCUT2D eigenvalue weighted by Gasteiger charge is -2.21. The molecule has 0 atom stereocenters. The predicted octanol–water partition coefficient (Wildman–Crippen LogP) is 3.72. The number of ether oxygens (including phenoxy) is 2. The Morgan fingerprint density at radius 2 is 1.69 bits per heavy atom. The normalized spacial score (nSPS) is 10.6. The summed E-state index contributed by atoms with van der Waals surface area (Å²) in [5, 5.41) is 4.12. The van der Waals surface area contributed by atoms with Gasteiger partial charge in [0.1, 0.15) is 5.82 Å². The van der Waals surface area contributed by atoms with E-state index in [-0.39, 0.29) is 0 Å². The van der Waals surface area contributed by atoms with Crippen molar-refractivity contribution in [3.05, 3.63) is 48.0 Å². The second-order valence-corrected chi connectivity index (χ2v) is 5.97. The molecule has 0 fully saturated rings. The highest BCUT2D eigenvalue weighted by molar-refractivity contribution is 5.93. The van der Waals surface area contributed by atoms with Crippen molar-refractivity contribution >= 4 is 22.7 Å². The standard InChI is InChI=1S/C20H24N4O2/c1-5-21-20-22-16-12-18(26-4)17(25-3)11-15(16)19(23-20)24(2)13-14-9-7-6-8-10-14/h6-12H,5,13H2,1-4H3,(H,21,22,23). The molecule has 3 aromatic rings. The number of rotatable bonds is 7. The van der Waals surface area contributed by atoms with Gasteiger partial charge in [-0.05, 0) is 18.6 Å². The summed E-state index contributed by atoms with van der Waals surface area (Å²) in [6.45, 7) is 3.52. The fourth-order valence-electron chi connectivity index (χ4n) is 2.90. The van der Waals surface area contributed by atoms with E-state index in [2.05, 4.69) is 27.3 Å². The first-order chi connectivity index (χ1) is 12.7. The van der Waals surface area contributed by atoms with E-state index < -0.39 is 0 Å². The third-order valence-corrected chi connectivity index (χ3v) is 4.14. The molecular formula is C20H24N4O2. The maximum Gasteiger partial charge on any atom is 0.225 e. The fourth-order valence-corrected chi connectivity index (χ4v) is 2.90. The molecule has 2 aromatic carbocycles. The van der Waals surface area contributed by atoms with Gasteiger partial charge < -0.3 is 19.7 Å². The Morgan fingerprint density at radius 3 is 2.35 bits per heavy atom. The Bertz CT molecular complexity index is 884. The summed E-state index contributed by atoms with van der Waals surface area (Å²) in [7, 11) is 5.28. The Labute approximate surface area is 153 Å². The maximum absolute atomic E-state index is 5.46. The summed E-state index contributed by atoms with van der Waals surface area (Å²) in [5.74, 6) is 2.75. The number of hydrogen-bond acceptors (Lipinski definition) is 6. The summed E-state index contributed by atoms with van der Waals surface area (Å²) < 4.78 is 10.9. The second kappa shape index (κ2) is 7.91. The summed E-state index contributed by atoms with van der Waals surface area (Å²) in [6.07, 6.45) is 0. The Hall–Kier alpha value is -3.02. The maximum atomic E-state index is 5.46. The number of hydrogen-bond donors (Lipinski definition) is 1. The van der Waals surface area contributed by atoms with Crippen molar-refractivity contribution in [3.8, 4) is 11.5 Å². The molecule has 0 radical (unpaired) electrons. The largest absolute Gasteiger partial charge is 0.493 e. The van der Waals surface area contributed by atoms with Crippen molar-refractivity contribution in [2.45, 2.75) is 13.5 Å². The van der Waals surface area contributed by atoms with Gasteiger partial charge in [0, 0.05) is 31.6 Å². The molecule has 26 heavy (non-hydrogen) atoms. The second-order valence-electron chi connectivity index (χ2n) is 5.97. The first-order valence-corrected chi connectivity index (χ1v) is 8.59. The van der Waals surface area contributed by atoms with Crippen LogP contribution in [-0.2, 0) is 6.54 Å². The molecule has 0 saturated carbocycles. The minimum absolute atomic E-state index is 0.599. The van der Waals surface area contributed by atoms with Crippen LogP contribution < -0.4 is 19.7 Å². The monoisotopic (exact) mass is 352 g/mol. The van der Waals surface area contributed by atoms with Crippen molar-refractivity contribution in [1.82, 2.24) is 9.97 Å². The van der Waals surface area contributed by atoms with Gasteiger partial charge in [-0.2, -0.15) is 4.98 Å². The Kier molecular flexibility index (Phi) is 5.41. The molecule has 136 valence electrons. The average molecular weight is 352 g/mol. The van der Waals surface area contributed by atoms with Gasteiger partial charge in [-0.15, -0.1) is 0 Å². The van der Waals surface area contributed by atoms with E-state index in [0.717, 1.165) is 29.8 Å². The third-order valence-electron chi connectivity index (χ3n) is 4.14. The quantitative estimate of drug-likeness (QED) is 0.699.